The van der Waals surface area contributed by atoms with Crippen LogP contribution in [0.5, 0.6) is 0 Å². The lowest BCUT2D eigenvalue weighted by Crippen LogP contribution is -2.37. The fraction of sp³-hybridized carbons (Fsp3) is 0.556. The first kappa shape index (κ1) is 19.7. The predicted octanol–water partition coefficient (Wildman–Crippen LogP) is 2.46. The summed E-state index contributed by atoms with van der Waals surface area (Å²) in [6.07, 6.45) is 2.77. The number of nitrogens with zero attached hydrogens (tertiary/aromatic N) is 2. The van der Waals surface area contributed by atoms with Crippen molar-refractivity contribution < 1.29 is 14.7 Å². The van der Waals surface area contributed by atoms with E-state index < -0.39 is 5.97 Å². The van der Waals surface area contributed by atoms with E-state index in [0.717, 1.165) is 37.9 Å². The summed E-state index contributed by atoms with van der Waals surface area (Å²) in [5, 5.41) is 12.3. The lowest BCUT2D eigenvalue weighted by atomic mass is 10.1. The van der Waals surface area contributed by atoms with Gasteiger partial charge in [-0.3, -0.25) is 19.4 Å². The molecule has 25 heavy (non-hydrogen) atoms. The number of carboxylic acids is 1. The number of rotatable bonds is 6. The van der Waals surface area contributed by atoms with Gasteiger partial charge < -0.3 is 10.4 Å². The lowest BCUT2D eigenvalue weighted by Gasteiger charge is -2.25. The zero-order valence-corrected chi connectivity index (χ0v) is 15.6. The van der Waals surface area contributed by atoms with Crippen molar-refractivity contribution in [3.05, 3.63) is 28.8 Å². The number of carbonyl (C=O) groups excluding carboxylic acids is 1. The number of carbonyl (C=O) groups is 2. The number of hydrogen-bond acceptors (Lipinski definition) is 4. The molecular weight excluding hydrogens is 342 g/mol. The lowest BCUT2D eigenvalue weighted by molar-refractivity contribution is -0.138. The van der Waals surface area contributed by atoms with Crippen LogP contribution < -0.4 is 5.32 Å². The van der Waals surface area contributed by atoms with E-state index in [1.807, 2.05) is 37.1 Å². The average Bonchev–Trinajstić information content (AvgIpc) is 2.75. The number of nitrogens with one attached hydrogen (secondary N) is 1. The summed E-state index contributed by atoms with van der Waals surface area (Å²) in [6, 6.07) is 5.80. The Labute approximate surface area is 153 Å². The highest BCUT2D eigenvalue weighted by molar-refractivity contribution is 6.33. The van der Waals surface area contributed by atoms with Crippen molar-refractivity contribution in [3.8, 4) is 0 Å². The van der Waals surface area contributed by atoms with Gasteiger partial charge in [0, 0.05) is 12.6 Å². The van der Waals surface area contributed by atoms with Gasteiger partial charge in [-0.05, 0) is 57.5 Å². The highest BCUT2D eigenvalue weighted by Crippen LogP contribution is 2.23. The minimum Gasteiger partial charge on any atom is -0.480 e. The number of likely N-dealkylation sites (tertiary alicyclic amines) is 1. The summed E-state index contributed by atoms with van der Waals surface area (Å²) in [5.41, 5.74) is 1.68. The van der Waals surface area contributed by atoms with Gasteiger partial charge in [0.25, 0.3) is 0 Å². The van der Waals surface area contributed by atoms with E-state index >= 15 is 0 Å². The Morgan fingerprint density at radius 1 is 1.36 bits per heavy atom. The Balaban J connectivity index is 1.84. The van der Waals surface area contributed by atoms with Crippen LogP contribution in [0.1, 0.15) is 24.8 Å². The van der Waals surface area contributed by atoms with Crippen LogP contribution in [0.15, 0.2) is 18.2 Å². The third-order valence-corrected chi connectivity index (χ3v) is 4.88. The van der Waals surface area contributed by atoms with Gasteiger partial charge in [-0.15, -0.1) is 0 Å². The molecule has 1 aliphatic heterocycles. The largest absolute Gasteiger partial charge is 0.480 e. The van der Waals surface area contributed by atoms with Crippen molar-refractivity contribution in [3.63, 3.8) is 0 Å². The van der Waals surface area contributed by atoms with E-state index in [-0.39, 0.29) is 18.5 Å². The summed E-state index contributed by atoms with van der Waals surface area (Å²) in [6.45, 7) is 3.94. The molecule has 2 rings (SSSR count). The van der Waals surface area contributed by atoms with E-state index in [2.05, 4.69) is 10.2 Å². The Morgan fingerprint density at radius 3 is 2.80 bits per heavy atom. The van der Waals surface area contributed by atoms with Crippen LogP contribution in [-0.2, 0) is 9.59 Å². The third-order valence-electron chi connectivity index (χ3n) is 4.56. The van der Waals surface area contributed by atoms with E-state index in [0.29, 0.717) is 17.3 Å². The SMILES string of the molecule is Cc1ccc(NC(=O)CN2CCCC(N(C)CC(=O)O)CC2)c(Cl)c1. The number of aryl methyl sites for hydroxylation is 1. The van der Waals surface area contributed by atoms with Crippen LogP contribution >= 0.6 is 11.6 Å². The molecular formula is C18H26ClN3O3. The molecule has 0 bridgehead atoms. The molecule has 6 nitrogen and oxygen atoms in total. The van der Waals surface area contributed by atoms with E-state index in [9.17, 15) is 9.59 Å². The molecule has 1 aromatic rings. The third kappa shape index (κ3) is 6.30. The van der Waals surface area contributed by atoms with Gasteiger partial charge in [0.2, 0.25) is 5.91 Å². The minimum absolute atomic E-state index is 0.0527. The first-order valence-electron chi connectivity index (χ1n) is 8.55. The van der Waals surface area contributed by atoms with Crippen LogP contribution in [0.25, 0.3) is 0 Å². The molecule has 2 N–H and O–H groups in total. The van der Waals surface area contributed by atoms with Gasteiger partial charge in [0.05, 0.1) is 23.8 Å². The second-order valence-electron chi connectivity index (χ2n) is 6.70. The Morgan fingerprint density at radius 2 is 2.12 bits per heavy atom. The molecule has 1 aliphatic rings. The second-order valence-corrected chi connectivity index (χ2v) is 7.11. The van der Waals surface area contributed by atoms with Crippen molar-refractivity contribution in [1.29, 1.82) is 0 Å². The summed E-state index contributed by atoms with van der Waals surface area (Å²) in [4.78, 5) is 27.1. The number of amides is 1. The Bertz CT molecular complexity index is 624. The molecule has 0 radical (unpaired) electrons. The monoisotopic (exact) mass is 367 g/mol. The average molecular weight is 368 g/mol. The predicted molar refractivity (Wildman–Crippen MR) is 99.2 cm³/mol. The molecule has 1 fully saturated rings. The highest BCUT2D eigenvalue weighted by Gasteiger charge is 2.22. The van der Waals surface area contributed by atoms with Gasteiger partial charge in [0.1, 0.15) is 0 Å². The van der Waals surface area contributed by atoms with E-state index in [4.69, 9.17) is 16.7 Å². The first-order valence-corrected chi connectivity index (χ1v) is 8.93. The molecule has 0 spiro atoms. The fourth-order valence-corrected chi connectivity index (χ4v) is 3.48. The smallest absolute Gasteiger partial charge is 0.317 e. The van der Waals surface area contributed by atoms with E-state index in [1.165, 1.54) is 0 Å². The van der Waals surface area contributed by atoms with Gasteiger partial charge in [-0.25, -0.2) is 0 Å². The van der Waals surface area contributed by atoms with Crippen LogP contribution in [0.2, 0.25) is 5.02 Å². The summed E-state index contributed by atoms with van der Waals surface area (Å²) in [7, 11) is 1.85. The van der Waals surface area contributed by atoms with Crippen molar-refractivity contribution in [2.24, 2.45) is 0 Å². The van der Waals surface area contributed by atoms with Crippen molar-refractivity contribution in [2.45, 2.75) is 32.2 Å². The maximum absolute atomic E-state index is 12.3. The molecule has 1 aromatic carbocycles. The van der Waals surface area contributed by atoms with Gasteiger partial charge in [-0.1, -0.05) is 17.7 Å². The first-order chi connectivity index (χ1) is 11.8. The van der Waals surface area contributed by atoms with Gasteiger partial charge in [-0.2, -0.15) is 0 Å². The molecule has 1 heterocycles. The number of likely N-dealkylation sites (N-methyl/N-ethyl adjacent to an activating group) is 1. The molecule has 7 heteroatoms. The Kier molecular flexibility index (Phi) is 7.23. The fourth-order valence-electron chi connectivity index (χ4n) is 3.19. The quantitative estimate of drug-likeness (QED) is 0.808. The van der Waals surface area contributed by atoms with Crippen LogP contribution in [0, 0.1) is 6.92 Å². The number of halogens is 1. The zero-order valence-electron chi connectivity index (χ0n) is 14.8. The maximum atomic E-state index is 12.3. The maximum Gasteiger partial charge on any atom is 0.317 e. The van der Waals surface area contributed by atoms with E-state index in [1.54, 1.807) is 0 Å². The second kappa shape index (κ2) is 9.17. The number of carboxylic acid groups (broad SMARTS) is 1. The highest BCUT2D eigenvalue weighted by atomic mass is 35.5. The molecule has 0 aliphatic carbocycles. The normalized spacial score (nSPS) is 18.8. The molecule has 138 valence electrons. The number of aliphatic carboxylic acids is 1. The summed E-state index contributed by atoms with van der Waals surface area (Å²) >= 11 is 6.16. The number of hydrogen-bond donors (Lipinski definition) is 2. The standard InChI is InChI=1S/C18H26ClN3O3/c1-13-5-6-16(15(19)10-13)20-17(23)11-22-8-3-4-14(7-9-22)21(2)12-18(24)25/h5-6,10,14H,3-4,7-9,11-12H2,1-2H3,(H,20,23)(H,24,25). The molecule has 0 saturated carbocycles. The summed E-state index contributed by atoms with van der Waals surface area (Å²) < 4.78 is 0. The molecule has 1 saturated heterocycles. The van der Waals surface area contributed by atoms with Gasteiger partial charge >= 0.3 is 5.97 Å². The zero-order chi connectivity index (χ0) is 18.4. The molecule has 1 unspecified atom stereocenters. The van der Waals surface area contributed by atoms with Crippen LogP contribution in [0.4, 0.5) is 5.69 Å². The molecule has 1 amide bonds. The van der Waals surface area contributed by atoms with Crippen molar-refractivity contribution >= 4 is 29.2 Å². The number of benzene rings is 1. The van der Waals surface area contributed by atoms with Crippen LogP contribution in [0.3, 0.4) is 0 Å². The van der Waals surface area contributed by atoms with Gasteiger partial charge in [0.15, 0.2) is 0 Å². The summed E-state index contributed by atoms with van der Waals surface area (Å²) in [5.74, 6) is -0.888. The number of anilines is 1. The minimum atomic E-state index is -0.807. The Hall–Kier alpha value is -1.63. The van der Waals surface area contributed by atoms with Crippen LogP contribution in [-0.4, -0.2) is 66.1 Å². The van der Waals surface area contributed by atoms with Crippen molar-refractivity contribution in [2.75, 3.05) is 38.5 Å². The van der Waals surface area contributed by atoms with Crippen molar-refractivity contribution in [1.82, 2.24) is 9.80 Å². The molecule has 1 atom stereocenters. The molecule has 0 aromatic heterocycles. The topological polar surface area (TPSA) is 72.9 Å².